The predicted molar refractivity (Wildman–Crippen MR) is 151 cm³/mol. The fourth-order valence-electron chi connectivity index (χ4n) is 8.27. The largest absolute Gasteiger partial charge is 0.353 e. The van der Waals surface area contributed by atoms with E-state index in [2.05, 4.69) is 40.6 Å². The van der Waals surface area contributed by atoms with Crippen molar-refractivity contribution in [1.82, 2.24) is 9.27 Å². The van der Waals surface area contributed by atoms with Crippen LogP contribution in [-0.2, 0) is 9.59 Å². The average molecular weight is 520 g/mol. The van der Waals surface area contributed by atoms with E-state index in [1.807, 2.05) is 0 Å². The van der Waals surface area contributed by atoms with Gasteiger partial charge in [-0.15, -0.1) is 0 Å². The van der Waals surface area contributed by atoms with Gasteiger partial charge in [-0.05, 0) is 79.9 Å². The zero-order valence-electron chi connectivity index (χ0n) is 22.2. The van der Waals surface area contributed by atoms with Gasteiger partial charge < -0.3 is 4.90 Å². The smallest absolute Gasteiger partial charge is 0.150 e. The molecule has 2 heterocycles. The van der Waals surface area contributed by atoms with Gasteiger partial charge in [0, 0.05) is 56.4 Å². The molecule has 6 heteroatoms. The molecule has 0 N–H and O–H groups in total. The van der Waals surface area contributed by atoms with Gasteiger partial charge in [-0.3, -0.25) is 14.5 Å². The first kappa shape index (κ1) is 25.2. The minimum absolute atomic E-state index is 0.0451. The maximum atomic E-state index is 13.5. The van der Waals surface area contributed by atoms with E-state index in [1.165, 1.54) is 41.3 Å². The first-order valence-corrected chi connectivity index (χ1v) is 15.3. The predicted octanol–water partition coefficient (Wildman–Crippen LogP) is 5.99. The van der Waals surface area contributed by atoms with Gasteiger partial charge in [0.05, 0.1) is 4.70 Å². The molecule has 5 nitrogen and oxygen atoms in total. The third kappa shape index (κ3) is 4.92. The summed E-state index contributed by atoms with van der Waals surface area (Å²) in [6, 6.07) is 8.55. The minimum atomic E-state index is -0.0827. The van der Waals surface area contributed by atoms with Crippen LogP contribution < -0.4 is 4.90 Å². The summed E-state index contributed by atoms with van der Waals surface area (Å²) in [5.74, 6) is 3.55. The molecular weight excluding hydrogens is 478 g/mol. The SMILES string of the molecule is C=C1C[C@@H]2C[C@H]1[C@@H](C(=O)CC[C@@H]1CCCC[C@H]1CN1CCN(c3nsc4ccccc34)CC1)[C@H]2C(C)=O. The standard InChI is InChI=1S/C31H41N3O2S/c1-20-17-24-18-26(20)30(29(24)21(2)35)27(36)12-11-22-7-3-4-8-23(22)19-33-13-15-34(16-14-33)31-25-9-5-6-10-28(25)37-32-31/h5-6,9-10,22-24,26,29-30H,1,3-4,7-8,11-19H2,2H3/t22-,23-,24+,26+,29-,30-/m0/s1. The summed E-state index contributed by atoms with van der Waals surface area (Å²) in [6.45, 7) is 11.3. The van der Waals surface area contributed by atoms with Gasteiger partial charge in [-0.25, -0.2) is 0 Å². The number of benzene rings is 1. The lowest BCUT2D eigenvalue weighted by Gasteiger charge is -2.40. The third-order valence-corrected chi connectivity index (χ3v) is 10.9. The van der Waals surface area contributed by atoms with Crippen LogP contribution in [0.2, 0.25) is 0 Å². The van der Waals surface area contributed by atoms with Crippen LogP contribution >= 0.6 is 11.5 Å². The lowest BCUT2D eigenvalue weighted by molar-refractivity contribution is -0.133. The quantitative estimate of drug-likeness (QED) is 0.401. The number of piperazine rings is 1. The van der Waals surface area contributed by atoms with Crippen LogP contribution in [0, 0.1) is 35.5 Å². The van der Waals surface area contributed by atoms with E-state index in [1.54, 1.807) is 18.5 Å². The van der Waals surface area contributed by atoms with E-state index in [9.17, 15) is 9.59 Å². The number of Topliss-reactive ketones (excluding diaryl/α,β-unsaturated/α-hetero) is 2. The Kier molecular flexibility index (Phi) is 7.24. The molecule has 4 aliphatic rings. The Balaban J connectivity index is 1.03. The highest BCUT2D eigenvalue weighted by atomic mass is 32.1. The van der Waals surface area contributed by atoms with Gasteiger partial charge in [0.25, 0.3) is 0 Å². The van der Waals surface area contributed by atoms with E-state index in [0.29, 0.717) is 30.0 Å². The normalized spacial score (nSPS) is 32.4. The van der Waals surface area contributed by atoms with Crippen LogP contribution in [0.5, 0.6) is 0 Å². The van der Waals surface area contributed by atoms with Crippen LogP contribution in [0.15, 0.2) is 36.4 Å². The molecule has 1 saturated heterocycles. The Morgan fingerprint density at radius 3 is 2.59 bits per heavy atom. The summed E-state index contributed by atoms with van der Waals surface area (Å²) in [5.41, 5.74) is 1.22. The van der Waals surface area contributed by atoms with Crippen molar-refractivity contribution in [3.05, 3.63) is 36.4 Å². The van der Waals surface area contributed by atoms with Crippen molar-refractivity contribution in [2.75, 3.05) is 37.6 Å². The molecule has 2 aromatic rings. The van der Waals surface area contributed by atoms with Crippen LogP contribution in [0.4, 0.5) is 5.82 Å². The molecule has 0 amide bonds. The lowest BCUT2D eigenvalue weighted by atomic mass is 9.71. The Morgan fingerprint density at radius 2 is 1.81 bits per heavy atom. The maximum Gasteiger partial charge on any atom is 0.150 e. The zero-order valence-corrected chi connectivity index (χ0v) is 23.1. The molecule has 6 atom stereocenters. The average Bonchev–Trinajstić information content (AvgIpc) is 3.61. The van der Waals surface area contributed by atoms with Gasteiger partial charge in [-0.2, -0.15) is 4.37 Å². The first-order chi connectivity index (χ1) is 18.0. The molecule has 198 valence electrons. The number of allylic oxidation sites excluding steroid dienone is 1. The van der Waals surface area contributed by atoms with Gasteiger partial charge in [-0.1, -0.05) is 43.5 Å². The van der Waals surface area contributed by atoms with E-state index in [-0.39, 0.29) is 23.5 Å². The van der Waals surface area contributed by atoms with Crippen LogP contribution in [0.25, 0.3) is 10.1 Å². The second kappa shape index (κ2) is 10.6. The molecule has 4 fully saturated rings. The van der Waals surface area contributed by atoms with Crippen molar-refractivity contribution in [3.63, 3.8) is 0 Å². The zero-order chi connectivity index (χ0) is 25.5. The van der Waals surface area contributed by atoms with Crippen molar-refractivity contribution in [1.29, 1.82) is 0 Å². The summed E-state index contributed by atoms with van der Waals surface area (Å²) in [5, 5.41) is 1.28. The highest BCUT2D eigenvalue weighted by Crippen LogP contribution is 2.55. The summed E-state index contributed by atoms with van der Waals surface area (Å²) >= 11 is 1.60. The summed E-state index contributed by atoms with van der Waals surface area (Å²) in [4.78, 5) is 31.0. The van der Waals surface area contributed by atoms with E-state index in [4.69, 9.17) is 4.37 Å². The number of hydrogen-bond donors (Lipinski definition) is 0. The summed E-state index contributed by atoms with van der Waals surface area (Å²) in [7, 11) is 0. The number of aromatic nitrogens is 1. The molecule has 0 unspecified atom stereocenters. The van der Waals surface area contributed by atoms with Crippen LogP contribution in [0.1, 0.15) is 58.3 Å². The monoisotopic (exact) mass is 519 g/mol. The molecule has 3 aliphatic carbocycles. The summed E-state index contributed by atoms with van der Waals surface area (Å²) in [6.07, 6.45) is 8.76. The number of carbonyl (C=O) groups is 2. The lowest BCUT2D eigenvalue weighted by Crippen LogP contribution is -2.48. The van der Waals surface area contributed by atoms with Gasteiger partial charge in [0.15, 0.2) is 0 Å². The van der Waals surface area contributed by atoms with Crippen LogP contribution in [0.3, 0.4) is 0 Å². The van der Waals surface area contributed by atoms with E-state index in [0.717, 1.165) is 57.8 Å². The number of rotatable bonds is 8. The fraction of sp³-hybridized carbons (Fsp3) is 0.645. The topological polar surface area (TPSA) is 53.5 Å². The van der Waals surface area contributed by atoms with Gasteiger partial charge in [0.1, 0.15) is 17.4 Å². The number of anilines is 1. The van der Waals surface area contributed by atoms with Gasteiger partial charge >= 0.3 is 0 Å². The van der Waals surface area contributed by atoms with Crippen molar-refractivity contribution >= 4 is 39.0 Å². The highest BCUT2D eigenvalue weighted by molar-refractivity contribution is 7.13. The highest BCUT2D eigenvalue weighted by Gasteiger charge is 2.53. The summed E-state index contributed by atoms with van der Waals surface area (Å²) < 4.78 is 6.04. The number of nitrogens with zero attached hydrogens (tertiary/aromatic N) is 3. The number of hydrogen-bond acceptors (Lipinski definition) is 6. The molecule has 3 saturated carbocycles. The third-order valence-electron chi connectivity index (χ3n) is 10.1. The molecule has 2 bridgehead atoms. The van der Waals surface area contributed by atoms with E-state index >= 15 is 0 Å². The first-order valence-electron chi connectivity index (χ1n) is 14.5. The molecule has 1 aromatic carbocycles. The Labute approximate surface area is 225 Å². The number of ketones is 2. The van der Waals surface area contributed by atoms with Crippen molar-refractivity contribution in [2.24, 2.45) is 35.5 Å². The second-order valence-corrected chi connectivity index (χ2v) is 13.0. The number of fused-ring (bicyclic) bond motifs is 3. The molecule has 0 spiro atoms. The molecule has 0 radical (unpaired) electrons. The molecule has 1 aliphatic heterocycles. The Morgan fingerprint density at radius 1 is 1.05 bits per heavy atom. The minimum Gasteiger partial charge on any atom is -0.353 e. The maximum absolute atomic E-state index is 13.5. The fourth-order valence-corrected chi connectivity index (χ4v) is 9.06. The van der Waals surface area contributed by atoms with Crippen molar-refractivity contribution < 1.29 is 9.59 Å². The van der Waals surface area contributed by atoms with Crippen LogP contribution in [-0.4, -0.2) is 53.6 Å². The Hall–Kier alpha value is -2.05. The van der Waals surface area contributed by atoms with Crippen molar-refractivity contribution in [3.8, 4) is 0 Å². The Bertz CT molecular complexity index is 1170. The molecule has 1 aromatic heterocycles. The molecular formula is C31H41N3O2S. The van der Waals surface area contributed by atoms with E-state index < -0.39 is 0 Å². The van der Waals surface area contributed by atoms with Gasteiger partial charge in [0.2, 0.25) is 0 Å². The van der Waals surface area contributed by atoms with Crippen molar-refractivity contribution in [2.45, 2.75) is 58.3 Å². The second-order valence-electron chi connectivity index (χ2n) is 12.2. The number of carbonyl (C=O) groups excluding carboxylic acids is 2. The molecule has 37 heavy (non-hydrogen) atoms. The molecule has 6 rings (SSSR count).